The topological polar surface area (TPSA) is 89.2 Å². The van der Waals surface area contributed by atoms with Crippen LogP contribution < -0.4 is 15.8 Å². The molecule has 1 aliphatic heterocycles. The lowest BCUT2D eigenvalue weighted by atomic mass is 10.0. The largest absolute Gasteiger partial charge is 0.343 e. The number of carbonyl (C=O) groups is 2. The number of amides is 2. The first-order chi connectivity index (χ1) is 11.9. The second-order valence-corrected chi connectivity index (χ2v) is 6.27. The third-order valence-electron chi connectivity index (χ3n) is 4.22. The molecule has 0 unspecified atom stereocenters. The van der Waals surface area contributed by atoms with E-state index in [1.165, 1.54) is 10.6 Å². The van der Waals surface area contributed by atoms with Crippen LogP contribution in [0.2, 0.25) is 0 Å². The number of pyridine rings is 1. The molecule has 1 aliphatic rings. The number of nitrogens with one attached hydrogen (secondary N) is 1. The second kappa shape index (κ2) is 6.92. The normalized spacial score (nSPS) is 17.6. The third kappa shape index (κ3) is 3.78. The molecular weight excluding hydrogens is 322 g/mol. The van der Waals surface area contributed by atoms with Crippen molar-refractivity contribution in [1.82, 2.24) is 19.7 Å². The molecule has 1 N–H and O–H groups in total. The molecular formula is C17H21N5O3. The molecule has 0 radical (unpaired) electrons. The van der Waals surface area contributed by atoms with Crippen molar-refractivity contribution in [2.24, 2.45) is 7.05 Å². The first-order valence-electron chi connectivity index (χ1n) is 8.21. The van der Waals surface area contributed by atoms with Crippen LogP contribution >= 0.6 is 0 Å². The molecule has 2 aromatic rings. The van der Waals surface area contributed by atoms with Gasteiger partial charge in [0.05, 0.1) is 0 Å². The molecule has 0 saturated carbocycles. The molecule has 132 valence electrons. The summed E-state index contributed by atoms with van der Waals surface area (Å²) in [5.41, 5.74) is 0.607. The average Bonchev–Trinajstić information content (AvgIpc) is 2.98. The molecule has 0 bridgehead atoms. The van der Waals surface area contributed by atoms with E-state index in [2.05, 4.69) is 10.4 Å². The van der Waals surface area contributed by atoms with E-state index in [-0.39, 0.29) is 23.9 Å². The van der Waals surface area contributed by atoms with E-state index in [1.54, 1.807) is 41.2 Å². The molecule has 1 atom stereocenters. The molecule has 0 aromatic carbocycles. The molecule has 2 amide bonds. The van der Waals surface area contributed by atoms with Gasteiger partial charge in [0.1, 0.15) is 12.6 Å². The van der Waals surface area contributed by atoms with Crippen molar-refractivity contribution < 1.29 is 9.59 Å². The summed E-state index contributed by atoms with van der Waals surface area (Å²) >= 11 is 0. The molecule has 1 fully saturated rings. The number of carbonyl (C=O) groups excluding carboxylic acids is 2. The van der Waals surface area contributed by atoms with Crippen molar-refractivity contribution in [2.45, 2.75) is 32.4 Å². The van der Waals surface area contributed by atoms with Gasteiger partial charge in [-0.15, -0.1) is 0 Å². The van der Waals surface area contributed by atoms with Crippen molar-refractivity contribution in [1.29, 1.82) is 0 Å². The number of rotatable bonds is 4. The second-order valence-electron chi connectivity index (χ2n) is 6.27. The minimum Gasteiger partial charge on any atom is -0.343 e. The Morgan fingerprint density at radius 3 is 2.80 bits per heavy atom. The van der Waals surface area contributed by atoms with Crippen LogP contribution in [0.5, 0.6) is 0 Å². The van der Waals surface area contributed by atoms with E-state index < -0.39 is 6.04 Å². The van der Waals surface area contributed by atoms with Crippen LogP contribution in [0.15, 0.2) is 35.4 Å². The Balaban J connectivity index is 1.66. The van der Waals surface area contributed by atoms with Gasteiger partial charge in [0.25, 0.3) is 11.5 Å². The molecule has 2 aromatic heterocycles. The number of aromatic nitrogens is 3. The fourth-order valence-electron chi connectivity index (χ4n) is 2.92. The van der Waals surface area contributed by atoms with E-state index in [0.717, 1.165) is 12.0 Å². The standard InChI is InChI=1S/C17H21N5O3/c1-12-5-9-21(16(24)10-12)11-15(23)18-13-4-3-7-22(17(13)25)14-6-8-20(2)19-14/h5-6,8-10,13H,3-4,7,11H2,1-2H3,(H,18,23)/t13-/m1/s1. The number of hydrogen-bond donors (Lipinski definition) is 1. The minimum atomic E-state index is -0.593. The SMILES string of the molecule is Cc1ccn(CC(=O)N[C@@H]2CCCN(c3ccn(C)n3)C2=O)c(=O)c1. The lowest BCUT2D eigenvalue weighted by Gasteiger charge is -2.31. The van der Waals surface area contributed by atoms with Crippen LogP contribution in [-0.4, -0.2) is 38.7 Å². The Kier molecular flexibility index (Phi) is 4.69. The van der Waals surface area contributed by atoms with Crippen molar-refractivity contribution in [3.63, 3.8) is 0 Å². The van der Waals surface area contributed by atoms with E-state index in [0.29, 0.717) is 18.8 Å². The van der Waals surface area contributed by atoms with Gasteiger partial charge in [-0.25, -0.2) is 0 Å². The fourth-order valence-corrected chi connectivity index (χ4v) is 2.92. The summed E-state index contributed by atoms with van der Waals surface area (Å²) in [6, 6.07) is 4.42. The van der Waals surface area contributed by atoms with Gasteiger partial charge >= 0.3 is 0 Å². The number of aryl methyl sites for hydroxylation is 2. The predicted octanol–water partition coefficient (Wildman–Crippen LogP) is 0.202. The van der Waals surface area contributed by atoms with Gasteiger partial charge in [-0.05, 0) is 31.4 Å². The zero-order valence-corrected chi connectivity index (χ0v) is 14.3. The lowest BCUT2D eigenvalue weighted by molar-refractivity contribution is -0.128. The molecule has 0 aliphatic carbocycles. The van der Waals surface area contributed by atoms with E-state index in [1.807, 2.05) is 6.92 Å². The van der Waals surface area contributed by atoms with Gasteiger partial charge < -0.3 is 9.88 Å². The highest BCUT2D eigenvalue weighted by atomic mass is 16.2. The van der Waals surface area contributed by atoms with Gasteiger partial charge in [0.2, 0.25) is 5.91 Å². The number of piperidine rings is 1. The lowest BCUT2D eigenvalue weighted by Crippen LogP contribution is -2.53. The summed E-state index contributed by atoms with van der Waals surface area (Å²) in [6.45, 7) is 2.30. The van der Waals surface area contributed by atoms with E-state index in [9.17, 15) is 14.4 Å². The number of hydrogen-bond acceptors (Lipinski definition) is 4. The summed E-state index contributed by atoms with van der Waals surface area (Å²) < 4.78 is 2.96. The van der Waals surface area contributed by atoms with Gasteiger partial charge in [-0.2, -0.15) is 5.10 Å². The predicted molar refractivity (Wildman–Crippen MR) is 92.2 cm³/mol. The van der Waals surface area contributed by atoms with Crippen molar-refractivity contribution in [3.05, 3.63) is 46.5 Å². The van der Waals surface area contributed by atoms with Crippen LogP contribution in [0.25, 0.3) is 0 Å². The van der Waals surface area contributed by atoms with Crippen LogP contribution in [0.4, 0.5) is 5.82 Å². The smallest absolute Gasteiger partial charge is 0.251 e. The summed E-state index contributed by atoms with van der Waals surface area (Å²) in [5, 5.41) is 6.99. The van der Waals surface area contributed by atoms with Gasteiger partial charge in [-0.3, -0.25) is 24.0 Å². The highest BCUT2D eigenvalue weighted by molar-refractivity contribution is 5.99. The van der Waals surface area contributed by atoms with Crippen LogP contribution in [0.1, 0.15) is 18.4 Å². The van der Waals surface area contributed by atoms with Crippen LogP contribution in [-0.2, 0) is 23.2 Å². The van der Waals surface area contributed by atoms with E-state index in [4.69, 9.17) is 0 Å². The third-order valence-corrected chi connectivity index (χ3v) is 4.22. The van der Waals surface area contributed by atoms with Crippen molar-refractivity contribution in [2.75, 3.05) is 11.4 Å². The van der Waals surface area contributed by atoms with Crippen LogP contribution in [0.3, 0.4) is 0 Å². The molecule has 8 nitrogen and oxygen atoms in total. The molecule has 0 spiro atoms. The Morgan fingerprint density at radius 1 is 1.32 bits per heavy atom. The fraction of sp³-hybridized carbons (Fsp3) is 0.412. The summed E-state index contributed by atoms with van der Waals surface area (Å²) in [7, 11) is 1.79. The quantitative estimate of drug-likeness (QED) is 0.859. The monoisotopic (exact) mass is 343 g/mol. The Hall–Kier alpha value is -2.90. The molecule has 3 heterocycles. The maximum absolute atomic E-state index is 12.6. The first kappa shape index (κ1) is 16.9. The zero-order valence-electron chi connectivity index (χ0n) is 14.3. The average molecular weight is 343 g/mol. The highest BCUT2D eigenvalue weighted by Gasteiger charge is 2.31. The summed E-state index contributed by atoms with van der Waals surface area (Å²) in [4.78, 5) is 38.3. The number of nitrogens with zero attached hydrogens (tertiary/aromatic N) is 4. The maximum atomic E-state index is 12.6. The summed E-state index contributed by atoms with van der Waals surface area (Å²) in [5.74, 6) is 0.0583. The first-order valence-corrected chi connectivity index (χ1v) is 8.21. The van der Waals surface area contributed by atoms with Gasteiger partial charge in [0, 0.05) is 38.1 Å². The maximum Gasteiger partial charge on any atom is 0.251 e. The summed E-state index contributed by atoms with van der Waals surface area (Å²) in [6.07, 6.45) is 4.71. The Labute approximate surface area is 145 Å². The minimum absolute atomic E-state index is 0.105. The molecule has 8 heteroatoms. The number of anilines is 1. The van der Waals surface area contributed by atoms with Gasteiger partial charge in [0.15, 0.2) is 5.82 Å². The van der Waals surface area contributed by atoms with Crippen molar-refractivity contribution >= 4 is 17.6 Å². The van der Waals surface area contributed by atoms with Crippen LogP contribution in [0, 0.1) is 6.92 Å². The molecule has 25 heavy (non-hydrogen) atoms. The zero-order chi connectivity index (χ0) is 18.0. The molecule has 3 rings (SSSR count). The Morgan fingerprint density at radius 2 is 2.12 bits per heavy atom. The molecule has 1 saturated heterocycles. The van der Waals surface area contributed by atoms with Gasteiger partial charge in [-0.1, -0.05) is 0 Å². The van der Waals surface area contributed by atoms with E-state index >= 15 is 0 Å². The Bertz CT molecular complexity index is 854. The highest BCUT2D eigenvalue weighted by Crippen LogP contribution is 2.19. The van der Waals surface area contributed by atoms with Crippen molar-refractivity contribution in [3.8, 4) is 0 Å².